The van der Waals surface area contributed by atoms with Crippen LogP contribution in [0, 0.1) is 5.39 Å². The Morgan fingerprint density at radius 2 is 1.91 bits per heavy atom. The minimum atomic E-state index is -0.396. The van der Waals surface area contributed by atoms with Gasteiger partial charge in [-0.2, -0.15) is 0 Å². The van der Waals surface area contributed by atoms with Gasteiger partial charge in [0.15, 0.2) is 4.98 Å². The first-order chi connectivity index (χ1) is 10.3. The predicted octanol–water partition coefficient (Wildman–Crippen LogP) is 4.84. The highest BCUT2D eigenvalue weighted by molar-refractivity contribution is 5.05. The van der Waals surface area contributed by atoms with Crippen molar-refractivity contribution in [3.63, 3.8) is 0 Å². The quantitative estimate of drug-likeness (QED) is 0.286. The lowest BCUT2D eigenvalue weighted by Crippen LogP contribution is -2.02. The van der Waals surface area contributed by atoms with Crippen LogP contribution in [0.2, 0.25) is 0 Å². The van der Waals surface area contributed by atoms with Crippen LogP contribution in [-0.4, -0.2) is 23.4 Å². The first-order valence-corrected chi connectivity index (χ1v) is 7.70. The van der Waals surface area contributed by atoms with Crippen molar-refractivity contribution >= 4 is 0 Å². The smallest absolute Gasteiger partial charge is 0.429 e. The average molecular weight is 307 g/mol. The van der Waals surface area contributed by atoms with Crippen LogP contribution < -0.4 is 0 Å². The van der Waals surface area contributed by atoms with E-state index in [1.54, 1.807) is 0 Å². The summed E-state index contributed by atoms with van der Waals surface area (Å²) in [6.07, 6.45) is 9.59. The largest absolute Gasteiger partial charge is 0.476 e. The van der Waals surface area contributed by atoms with Gasteiger partial charge in [0, 0.05) is 0 Å². The molecule has 1 aliphatic rings. The molecule has 0 bridgehead atoms. The van der Waals surface area contributed by atoms with E-state index in [1.165, 1.54) is 11.1 Å². The number of ether oxygens (including phenoxy) is 2. The third-order valence-corrected chi connectivity index (χ3v) is 3.83. The topological polar surface area (TPSA) is 70.1 Å². The van der Waals surface area contributed by atoms with Crippen molar-refractivity contribution in [2.45, 2.75) is 65.1 Å². The van der Waals surface area contributed by atoms with Gasteiger partial charge in [0.1, 0.15) is 6.61 Å². The number of allylic oxidation sites excluding steroid dienone is 3. The molecular formula is C17H27N2O3+. The fourth-order valence-corrected chi connectivity index (χ4v) is 2.20. The van der Waals surface area contributed by atoms with Crippen molar-refractivity contribution in [2.24, 2.45) is 0 Å². The SMILES string of the molecule is C/C(=C\CO/C(O)=C/[N+]#N)CC/C=C(\C)CC[C@H]1OC1(C)C. The Bertz CT molecular complexity index is 499. The first kappa shape index (κ1) is 18.2. The van der Waals surface area contributed by atoms with E-state index in [1.807, 2.05) is 13.0 Å². The van der Waals surface area contributed by atoms with Crippen molar-refractivity contribution in [1.82, 2.24) is 0 Å². The monoisotopic (exact) mass is 307 g/mol. The van der Waals surface area contributed by atoms with Gasteiger partial charge >= 0.3 is 12.1 Å². The lowest BCUT2D eigenvalue weighted by molar-refractivity contribution is 0.112. The van der Waals surface area contributed by atoms with Gasteiger partial charge in [-0.05, 0) is 59.5 Å². The highest BCUT2D eigenvalue weighted by Gasteiger charge is 2.46. The molecule has 1 heterocycles. The van der Waals surface area contributed by atoms with Crippen LogP contribution in [0.3, 0.4) is 0 Å². The summed E-state index contributed by atoms with van der Waals surface area (Å²) in [5.41, 5.74) is 2.69. The summed E-state index contributed by atoms with van der Waals surface area (Å²) in [6, 6.07) is 0. The lowest BCUT2D eigenvalue weighted by Gasteiger charge is -2.03. The van der Waals surface area contributed by atoms with Crippen molar-refractivity contribution < 1.29 is 14.6 Å². The van der Waals surface area contributed by atoms with Crippen LogP contribution >= 0.6 is 0 Å². The Labute approximate surface area is 132 Å². The third-order valence-electron chi connectivity index (χ3n) is 3.83. The minimum absolute atomic E-state index is 0.0862. The maximum atomic E-state index is 9.09. The highest BCUT2D eigenvalue weighted by Crippen LogP contribution is 2.38. The maximum Gasteiger partial charge on any atom is 0.429 e. The van der Waals surface area contributed by atoms with E-state index in [4.69, 9.17) is 20.0 Å². The van der Waals surface area contributed by atoms with E-state index >= 15 is 0 Å². The number of aliphatic hydroxyl groups excluding tert-OH is 1. The Morgan fingerprint density at radius 3 is 2.50 bits per heavy atom. The van der Waals surface area contributed by atoms with Crippen LogP contribution in [-0.2, 0) is 9.47 Å². The molecule has 0 aliphatic carbocycles. The van der Waals surface area contributed by atoms with Crippen molar-refractivity contribution in [3.05, 3.63) is 40.4 Å². The molecule has 0 saturated carbocycles. The predicted molar refractivity (Wildman–Crippen MR) is 86.7 cm³/mol. The Balaban J connectivity index is 2.17. The van der Waals surface area contributed by atoms with Gasteiger partial charge in [0.2, 0.25) is 5.39 Å². The summed E-state index contributed by atoms with van der Waals surface area (Å²) >= 11 is 0. The molecule has 122 valence electrons. The molecular weight excluding hydrogens is 280 g/mol. The number of epoxide rings is 1. The summed E-state index contributed by atoms with van der Waals surface area (Å²) in [6.45, 7) is 8.73. The fraction of sp³-hybridized carbons (Fsp3) is 0.647. The second-order valence-corrected chi connectivity index (χ2v) is 6.28. The zero-order valence-corrected chi connectivity index (χ0v) is 14.0. The van der Waals surface area contributed by atoms with E-state index in [0.29, 0.717) is 6.10 Å². The third kappa shape index (κ3) is 7.28. The van der Waals surface area contributed by atoms with Gasteiger partial charge in [-0.3, -0.25) is 0 Å². The van der Waals surface area contributed by atoms with Crippen LogP contribution in [0.25, 0.3) is 4.98 Å². The van der Waals surface area contributed by atoms with E-state index in [-0.39, 0.29) is 12.2 Å². The average Bonchev–Trinajstić information content (AvgIpc) is 3.04. The summed E-state index contributed by atoms with van der Waals surface area (Å²) in [4.78, 5) is 2.67. The number of hydrogen-bond donors (Lipinski definition) is 1. The molecule has 1 saturated heterocycles. The van der Waals surface area contributed by atoms with Crippen molar-refractivity contribution in [1.29, 1.82) is 5.39 Å². The zero-order chi connectivity index (χ0) is 16.6. The first-order valence-electron chi connectivity index (χ1n) is 7.70. The number of hydrogen-bond acceptors (Lipinski definition) is 4. The highest BCUT2D eigenvalue weighted by atomic mass is 16.6. The van der Waals surface area contributed by atoms with Crippen molar-refractivity contribution in [2.75, 3.05) is 6.61 Å². The van der Waals surface area contributed by atoms with Crippen LogP contribution in [0.5, 0.6) is 0 Å². The molecule has 1 rings (SSSR count). The molecule has 0 radical (unpaired) electrons. The molecule has 0 unspecified atom stereocenters. The second kappa shape index (κ2) is 8.60. The Morgan fingerprint density at radius 1 is 1.27 bits per heavy atom. The minimum Gasteiger partial charge on any atom is -0.476 e. The number of nitrogens with zero attached hydrogens (tertiary/aromatic N) is 2. The number of diazo groups is 1. The lowest BCUT2D eigenvalue weighted by atomic mass is 10.0. The molecule has 0 amide bonds. The molecule has 1 fully saturated rings. The summed E-state index contributed by atoms with van der Waals surface area (Å²) < 4.78 is 10.5. The maximum absolute atomic E-state index is 9.09. The van der Waals surface area contributed by atoms with Gasteiger partial charge in [-0.25, -0.2) is 0 Å². The summed E-state index contributed by atoms with van der Waals surface area (Å²) in [5, 5.41) is 17.3. The molecule has 22 heavy (non-hydrogen) atoms. The second-order valence-electron chi connectivity index (χ2n) is 6.28. The van der Waals surface area contributed by atoms with E-state index in [2.05, 4.69) is 31.8 Å². The van der Waals surface area contributed by atoms with Crippen LogP contribution in [0.15, 0.2) is 35.4 Å². The molecule has 0 aromatic carbocycles. The standard InChI is InChI=1S/C17H26N2O3/c1-13(8-9-15-17(3,4)22-15)6-5-7-14(2)10-11-21-16(20)12-19-18/h6,10,12,15H,5,7-9,11H2,1-4H3/p+1/b13-6+,14-10+,16-12+/t15-/m1/s1. The molecule has 5 nitrogen and oxygen atoms in total. The molecule has 1 N–H and O–H groups in total. The van der Waals surface area contributed by atoms with Gasteiger partial charge in [-0.15, -0.1) is 0 Å². The summed E-state index contributed by atoms with van der Waals surface area (Å²) in [5.74, 6) is -0.396. The molecule has 0 aromatic heterocycles. The van der Waals surface area contributed by atoms with E-state index in [9.17, 15) is 0 Å². The molecule has 0 spiro atoms. The van der Waals surface area contributed by atoms with Crippen LogP contribution in [0.1, 0.15) is 53.4 Å². The molecule has 1 atom stereocenters. The molecule has 5 heteroatoms. The Kier molecular flexibility index (Phi) is 7.13. The van der Waals surface area contributed by atoms with Gasteiger partial charge in [0.05, 0.1) is 11.7 Å². The summed E-state index contributed by atoms with van der Waals surface area (Å²) in [7, 11) is 0. The molecule has 1 aliphatic heterocycles. The van der Waals surface area contributed by atoms with Crippen LogP contribution in [0.4, 0.5) is 0 Å². The number of rotatable bonds is 9. The molecule has 0 aromatic rings. The zero-order valence-electron chi connectivity index (χ0n) is 14.0. The normalized spacial score (nSPS) is 21.4. The van der Waals surface area contributed by atoms with E-state index < -0.39 is 5.95 Å². The number of aliphatic hydroxyl groups is 1. The fourth-order valence-electron chi connectivity index (χ4n) is 2.20. The Hall–Kier alpha value is -1.80. The van der Waals surface area contributed by atoms with Gasteiger partial charge < -0.3 is 14.6 Å². The van der Waals surface area contributed by atoms with E-state index in [0.717, 1.165) is 31.9 Å². The van der Waals surface area contributed by atoms with Crippen molar-refractivity contribution in [3.8, 4) is 0 Å². The van der Waals surface area contributed by atoms with Gasteiger partial charge in [0.25, 0.3) is 0 Å². The van der Waals surface area contributed by atoms with Gasteiger partial charge in [-0.1, -0.05) is 17.2 Å².